The zero-order valence-electron chi connectivity index (χ0n) is 9.04. The minimum atomic E-state index is 0.731. The van der Waals surface area contributed by atoms with Gasteiger partial charge in [-0.25, -0.2) is 0 Å². The molecule has 0 amide bonds. The van der Waals surface area contributed by atoms with E-state index in [-0.39, 0.29) is 0 Å². The van der Waals surface area contributed by atoms with Crippen molar-refractivity contribution in [3.63, 3.8) is 0 Å². The molecule has 3 heteroatoms. The average Bonchev–Trinajstić information content (AvgIpc) is 2.17. The van der Waals surface area contributed by atoms with Gasteiger partial charge in [-0.05, 0) is 30.9 Å². The number of nitrogens with two attached hydrogens (primary N) is 1. The first-order valence-corrected chi connectivity index (χ1v) is 5.85. The maximum Gasteiger partial charge on any atom is 0.0789 e. The summed E-state index contributed by atoms with van der Waals surface area (Å²) < 4.78 is 0. The van der Waals surface area contributed by atoms with Gasteiger partial charge in [-0.1, -0.05) is 24.6 Å². The molecule has 1 aromatic rings. The van der Waals surface area contributed by atoms with E-state index >= 15 is 0 Å². The van der Waals surface area contributed by atoms with Gasteiger partial charge in [0.05, 0.1) is 16.4 Å². The zero-order valence-corrected chi connectivity index (χ0v) is 9.80. The van der Waals surface area contributed by atoms with E-state index in [1.54, 1.807) is 0 Å². The lowest BCUT2D eigenvalue weighted by Gasteiger charge is -2.34. The second kappa shape index (κ2) is 4.31. The zero-order chi connectivity index (χ0) is 10.8. The molecular formula is C12H17ClN2. The minimum Gasteiger partial charge on any atom is -0.397 e. The fourth-order valence-corrected chi connectivity index (χ4v) is 2.56. The van der Waals surface area contributed by atoms with Crippen molar-refractivity contribution in [1.29, 1.82) is 0 Å². The van der Waals surface area contributed by atoms with Gasteiger partial charge in [-0.15, -0.1) is 0 Å². The van der Waals surface area contributed by atoms with Crippen LogP contribution in [0.25, 0.3) is 0 Å². The van der Waals surface area contributed by atoms with Gasteiger partial charge in [-0.2, -0.15) is 0 Å². The second-order valence-corrected chi connectivity index (χ2v) is 4.78. The molecule has 0 radical (unpaired) electrons. The molecule has 15 heavy (non-hydrogen) atoms. The Morgan fingerprint density at radius 3 is 2.93 bits per heavy atom. The highest BCUT2D eigenvalue weighted by Crippen LogP contribution is 2.34. The van der Waals surface area contributed by atoms with Gasteiger partial charge in [0.25, 0.3) is 0 Å². The van der Waals surface area contributed by atoms with Gasteiger partial charge >= 0.3 is 0 Å². The number of hydrogen-bond acceptors (Lipinski definition) is 2. The molecular weight excluding hydrogens is 208 g/mol. The molecule has 2 N–H and O–H groups in total. The number of nitrogens with zero attached hydrogens (tertiary/aromatic N) is 1. The third-order valence-corrected chi connectivity index (χ3v) is 3.30. The van der Waals surface area contributed by atoms with E-state index in [4.69, 9.17) is 17.3 Å². The van der Waals surface area contributed by atoms with Gasteiger partial charge in [0.15, 0.2) is 0 Å². The van der Waals surface area contributed by atoms with Crippen LogP contribution in [0, 0.1) is 5.92 Å². The summed E-state index contributed by atoms with van der Waals surface area (Å²) in [7, 11) is 0. The van der Waals surface area contributed by atoms with E-state index in [2.05, 4.69) is 11.8 Å². The third-order valence-electron chi connectivity index (χ3n) is 2.99. The molecule has 0 aromatic heterocycles. The highest BCUT2D eigenvalue weighted by atomic mass is 35.5. The van der Waals surface area contributed by atoms with Gasteiger partial charge < -0.3 is 10.6 Å². The molecule has 1 saturated heterocycles. The Hall–Kier alpha value is -0.890. The van der Waals surface area contributed by atoms with Crippen LogP contribution in [0.3, 0.4) is 0 Å². The number of halogens is 1. The summed E-state index contributed by atoms with van der Waals surface area (Å²) in [4.78, 5) is 2.31. The smallest absolute Gasteiger partial charge is 0.0789 e. The van der Waals surface area contributed by atoms with Crippen LogP contribution in [0.4, 0.5) is 11.4 Å². The number of rotatable bonds is 1. The maximum atomic E-state index is 6.19. The van der Waals surface area contributed by atoms with Crippen LogP contribution in [-0.4, -0.2) is 13.1 Å². The Morgan fingerprint density at radius 2 is 2.27 bits per heavy atom. The molecule has 1 atom stereocenters. The number of hydrogen-bond donors (Lipinski definition) is 1. The molecule has 0 aliphatic carbocycles. The van der Waals surface area contributed by atoms with E-state index in [0.29, 0.717) is 0 Å². The standard InChI is InChI=1S/C12H17ClN2/c1-9-4-3-7-15(8-9)12-10(13)5-2-6-11(12)14/h2,5-6,9H,3-4,7-8,14H2,1H3/t9-/m1/s1. The first kappa shape index (κ1) is 10.6. The topological polar surface area (TPSA) is 29.3 Å². The summed E-state index contributed by atoms with van der Waals surface area (Å²) in [6.07, 6.45) is 2.53. The molecule has 1 fully saturated rings. The first-order chi connectivity index (χ1) is 7.18. The monoisotopic (exact) mass is 224 g/mol. The molecule has 0 spiro atoms. The fourth-order valence-electron chi connectivity index (χ4n) is 2.26. The summed E-state index contributed by atoms with van der Waals surface area (Å²) in [6.45, 7) is 4.41. The van der Waals surface area contributed by atoms with Crippen LogP contribution in [0.2, 0.25) is 5.02 Å². The molecule has 2 nitrogen and oxygen atoms in total. The van der Waals surface area contributed by atoms with Gasteiger partial charge in [0.1, 0.15) is 0 Å². The lowest BCUT2D eigenvalue weighted by atomic mass is 9.99. The van der Waals surface area contributed by atoms with E-state index in [0.717, 1.165) is 35.4 Å². The molecule has 1 aliphatic rings. The number of anilines is 2. The van der Waals surface area contributed by atoms with E-state index in [9.17, 15) is 0 Å². The Bertz CT molecular complexity index is 331. The molecule has 1 aliphatic heterocycles. The largest absolute Gasteiger partial charge is 0.397 e. The number of para-hydroxylation sites is 1. The van der Waals surface area contributed by atoms with Crippen LogP contribution >= 0.6 is 11.6 Å². The van der Waals surface area contributed by atoms with Gasteiger partial charge in [-0.3, -0.25) is 0 Å². The lowest BCUT2D eigenvalue weighted by molar-refractivity contribution is 0.447. The molecule has 0 saturated carbocycles. The van der Waals surface area contributed by atoms with Crippen molar-refractivity contribution in [1.82, 2.24) is 0 Å². The molecule has 1 heterocycles. The van der Waals surface area contributed by atoms with Crippen molar-refractivity contribution in [3.05, 3.63) is 23.2 Å². The van der Waals surface area contributed by atoms with E-state index in [1.807, 2.05) is 18.2 Å². The molecule has 0 unspecified atom stereocenters. The van der Waals surface area contributed by atoms with Crippen LogP contribution in [0.5, 0.6) is 0 Å². The van der Waals surface area contributed by atoms with Gasteiger partial charge in [0, 0.05) is 13.1 Å². The summed E-state index contributed by atoms with van der Waals surface area (Å²) in [5, 5.41) is 0.768. The third kappa shape index (κ3) is 2.20. The summed E-state index contributed by atoms with van der Waals surface area (Å²) >= 11 is 6.19. The predicted molar refractivity (Wildman–Crippen MR) is 66.5 cm³/mol. The van der Waals surface area contributed by atoms with Crippen LogP contribution in [0.15, 0.2) is 18.2 Å². The molecule has 2 rings (SSSR count). The van der Waals surface area contributed by atoms with Crippen molar-refractivity contribution in [3.8, 4) is 0 Å². The van der Waals surface area contributed by atoms with Crippen LogP contribution < -0.4 is 10.6 Å². The Balaban J connectivity index is 2.28. The summed E-state index contributed by atoms with van der Waals surface area (Å²) in [6, 6.07) is 5.72. The molecule has 0 bridgehead atoms. The fraction of sp³-hybridized carbons (Fsp3) is 0.500. The quantitative estimate of drug-likeness (QED) is 0.743. The normalized spacial score (nSPS) is 21.7. The van der Waals surface area contributed by atoms with E-state index in [1.165, 1.54) is 12.8 Å². The Morgan fingerprint density at radius 1 is 1.47 bits per heavy atom. The minimum absolute atomic E-state index is 0.731. The Labute approximate surface area is 96.0 Å². The predicted octanol–water partition coefficient (Wildman–Crippen LogP) is 3.16. The van der Waals surface area contributed by atoms with Gasteiger partial charge in [0.2, 0.25) is 0 Å². The Kier molecular flexibility index (Phi) is 3.06. The van der Waals surface area contributed by atoms with E-state index < -0.39 is 0 Å². The number of nitrogen functional groups attached to an aromatic ring is 1. The highest BCUT2D eigenvalue weighted by Gasteiger charge is 2.19. The van der Waals surface area contributed by atoms with Crippen molar-refractivity contribution < 1.29 is 0 Å². The summed E-state index contributed by atoms with van der Waals surface area (Å²) in [5.41, 5.74) is 7.78. The highest BCUT2D eigenvalue weighted by molar-refractivity contribution is 6.34. The van der Waals surface area contributed by atoms with Crippen molar-refractivity contribution in [2.75, 3.05) is 23.7 Å². The van der Waals surface area contributed by atoms with Crippen molar-refractivity contribution in [2.45, 2.75) is 19.8 Å². The number of piperidine rings is 1. The van der Waals surface area contributed by atoms with Crippen molar-refractivity contribution >= 4 is 23.0 Å². The average molecular weight is 225 g/mol. The molecule has 1 aromatic carbocycles. The SMILES string of the molecule is C[C@@H]1CCCN(c2c(N)cccc2Cl)C1. The van der Waals surface area contributed by atoms with Crippen molar-refractivity contribution in [2.24, 2.45) is 5.92 Å². The summed E-state index contributed by atoms with van der Waals surface area (Å²) in [5.74, 6) is 0.731. The number of benzene rings is 1. The maximum absolute atomic E-state index is 6.19. The van der Waals surface area contributed by atoms with Crippen LogP contribution in [-0.2, 0) is 0 Å². The second-order valence-electron chi connectivity index (χ2n) is 4.37. The molecule has 82 valence electrons. The first-order valence-electron chi connectivity index (χ1n) is 5.47. The lowest BCUT2D eigenvalue weighted by Crippen LogP contribution is -2.34. The van der Waals surface area contributed by atoms with Crippen LogP contribution in [0.1, 0.15) is 19.8 Å².